The van der Waals surface area contributed by atoms with Crippen LogP contribution in [0, 0.1) is 17.0 Å². The zero-order valence-corrected chi connectivity index (χ0v) is 8.90. The van der Waals surface area contributed by atoms with Gasteiger partial charge in [0, 0.05) is 17.3 Å². The van der Waals surface area contributed by atoms with Crippen molar-refractivity contribution in [2.24, 2.45) is 0 Å². The predicted molar refractivity (Wildman–Crippen MR) is 59.6 cm³/mol. The Morgan fingerprint density at radius 3 is 2.94 bits per heavy atom. The van der Waals surface area contributed by atoms with Crippen LogP contribution in [0.2, 0.25) is 0 Å². The van der Waals surface area contributed by atoms with Crippen LogP contribution in [0.1, 0.15) is 17.5 Å². The van der Waals surface area contributed by atoms with Crippen molar-refractivity contribution in [3.8, 4) is 0 Å². The lowest BCUT2D eigenvalue weighted by Crippen LogP contribution is -2.26. The number of nitro benzene ring substituents is 1. The highest BCUT2D eigenvalue weighted by Crippen LogP contribution is 2.30. The SMILES string of the molecule is Cc1cc2c(cc1[N+](=O)[O-])CCC(C=O)N2. The van der Waals surface area contributed by atoms with Crippen LogP contribution in [0.5, 0.6) is 0 Å². The smallest absolute Gasteiger partial charge is 0.272 e. The van der Waals surface area contributed by atoms with E-state index in [1.165, 1.54) is 0 Å². The molecule has 0 radical (unpaired) electrons. The Kier molecular flexibility index (Phi) is 2.60. The number of hydrogen-bond acceptors (Lipinski definition) is 4. The van der Waals surface area contributed by atoms with Gasteiger partial charge in [-0.15, -0.1) is 0 Å². The Balaban J connectivity index is 2.42. The lowest BCUT2D eigenvalue weighted by atomic mass is 9.96. The Morgan fingerprint density at radius 2 is 2.31 bits per heavy atom. The summed E-state index contributed by atoms with van der Waals surface area (Å²) in [7, 11) is 0. The maximum atomic E-state index is 10.8. The summed E-state index contributed by atoms with van der Waals surface area (Å²) >= 11 is 0. The van der Waals surface area contributed by atoms with Gasteiger partial charge in [0.1, 0.15) is 6.29 Å². The Bertz CT molecular complexity index is 457. The average Bonchev–Trinajstić information content (AvgIpc) is 2.27. The molecule has 1 aromatic carbocycles. The highest BCUT2D eigenvalue weighted by atomic mass is 16.6. The third-order valence-electron chi connectivity index (χ3n) is 2.85. The standard InChI is InChI=1S/C11H12N2O3/c1-7-4-10-8(5-11(7)13(15)16)2-3-9(6-14)12-10/h4-6,9,12H,2-3H2,1H3. The second kappa shape index (κ2) is 3.92. The van der Waals surface area contributed by atoms with Crippen molar-refractivity contribution in [2.45, 2.75) is 25.8 Å². The number of benzene rings is 1. The van der Waals surface area contributed by atoms with E-state index in [2.05, 4.69) is 5.32 Å². The molecule has 0 aromatic heterocycles. The number of anilines is 1. The summed E-state index contributed by atoms with van der Waals surface area (Å²) in [5.41, 5.74) is 2.51. The normalized spacial score (nSPS) is 18.4. The minimum absolute atomic E-state index is 0.144. The molecular formula is C11H12N2O3. The van der Waals surface area contributed by atoms with Gasteiger partial charge in [-0.1, -0.05) is 0 Å². The molecule has 0 saturated carbocycles. The van der Waals surface area contributed by atoms with E-state index in [1.807, 2.05) is 0 Å². The molecule has 0 bridgehead atoms. The van der Waals surface area contributed by atoms with Crippen molar-refractivity contribution in [2.75, 3.05) is 5.32 Å². The first-order valence-corrected chi connectivity index (χ1v) is 5.11. The molecule has 1 aromatic rings. The predicted octanol–water partition coefficient (Wildman–Crippen LogP) is 1.83. The van der Waals surface area contributed by atoms with Gasteiger partial charge in [-0.3, -0.25) is 10.1 Å². The molecule has 16 heavy (non-hydrogen) atoms. The topological polar surface area (TPSA) is 72.2 Å². The van der Waals surface area contributed by atoms with Gasteiger partial charge in [0.05, 0.1) is 11.0 Å². The van der Waals surface area contributed by atoms with Crippen molar-refractivity contribution >= 4 is 17.7 Å². The lowest BCUT2D eigenvalue weighted by Gasteiger charge is -2.23. The van der Waals surface area contributed by atoms with Gasteiger partial charge in [0.2, 0.25) is 0 Å². The van der Waals surface area contributed by atoms with Gasteiger partial charge < -0.3 is 10.1 Å². The fourth-order valence-electron chi connectivity index (χ4n) is 1.96. The fraction of sp³-hybridized carbons (Fsp3) is 0.364. The Morgan fingerprint density at radius 1 is 1.56 bits per heavy atom. The van der Waals surface area contributed by atoms with Crippen LogP contribution in [0.4, 0.5) is 11.4 Å². The number of rotatable bonds is 2. The van der Waals surface area contributed by atoms with E-state index < -0.39 is 0 Å². The molecule has 84 valence electrons. The van der Waals surface area contributed by atoms with Crippen LogP contribution in [-0.4, -0.2) is 17.3 Å². The van der Waals surface area contributed by atoms with Gasteiger partial charge in [-0.25, -0.2) is 0 Å². The number of nitro groups is 1. The van der Waals surface area contributed by atoms with Gasteiger partial charge in [0.25, 0.3) is 5.69 Å². The highest BCUT2D eigenvalue weighted by Gasteiger charge is 2.21. The van der Waals surface area contributed by atoms with E-state index in [0.29, 0.717) is 18.4 Å². The molecule has 5 nitrogen and oxygen atoms in total. The molecule has 1 unspecified atom stereocenters. The number of fused-ring (bicyclic) bond motifs is 1. The van der Waals surface area contributed by atoms with Crippen molar-refractivity contribution < 1.29 is 9.72 Å². The lowest BCUT2D eigenvalue weighted by molar-refractivity contribution is -0.385. The molecule has 0 amide bonds. The van der Waals surface area contributed by atoms with Crippen LogP contribution in [0.25, 0.3) is 0 Å². The highest BCUT2D eigenvalue weighted by molar-refractivity contribution is 5.70. The summed E-state index contributed by atoms with van der Waals surface area (Å²) in [6.07, 6.45) is 2.27. The summed E-state index contributed by atoms with van der Waals surface area (Å²) in [4.78, 5) is 21.0. The Hall–Kier alpha value is -1.91. The van der Waals surface area contributed by atoms with E-state index in [-0.39, 0.29) is 16.7 Å². The molecule has 1 heterocycles. The van der Waals surface area contributed by atoms with Crippen molar-refractivity contribution in [3.63, 3.8) is 0 Å². The summed E-state index contributed by atoms with van der Waals surface area (Å²) in [5.74, 6) is 0. The number of nitrogens with zero attached hydrogens (tertiary/aromatic N) is 1. The van der Waals surface area contributed by atoms with E-state index >= 15 is 0 Å². The summed E-state index contributed by atoms with van der Waals surface area (Å²) < 4.78 is 0. The summed E-state index contributed by atoms with van der Waals surface area (Å²) in [6.45, 7) is 1.70. The fourth-order valence-corrected chi connectivity index (χ4v) is 1.96. The second-order valence-corrected chi connectivity index (χ2v) is 3.98. The van der Waals surface area contributed by atoms with Gasteiger partial charge in [-0.2, -0.15) is 0 Å². The molecule has 1 N–H and O–H groups in total. The molecular weight excluding hydrogens is 208 g/mol. The summed E-state index contributed by atoms with van der Waals surface area (Å²) in [5, 5.41) is 13.8. The molecule has 1 aliphatic heterocycles. The van der Waals surface area contributed by atoms with Crippen molar-refractivity contribution in [3.05, 3.63) is 33.4 Å². The largest absolute Gasteiger partial charge is 0.375 e. The van der Waals surface area contributed by atoms with Crippen molar-refractivity contribution in [1.82, 2.24) is 0 Å². The molecule has 0 aliphatic carbocycles. The van der Waals surface area contributed by atoms with Crippen LogP contribution in [0.15, 0.2) is 12.1 Å². The minimum Gasteiger partial charge on any atom is -0.375 e. The minimum atomic E-state index is -0.374. The number of carbonyl (C=O) groups excluding carboxylic acids is 1. The zero-order chi connectivity index (χ0) is 11.7. The monoisotopic (exact) mass is 220 g/mol. The Labute approximate surface area is 92.6 Å². The van der Waals surface area contributed by atoms with Crippen LogP contribution in [0.3, 0.4) is 0 Å². The first-order valence-electron chi connectivity index (χ1n) is 5.11. The van der Waals surface area contributed by atoms with Gasteiger partial charge in [-0.05, 0) is 31.4 Å². The number of aldehydes is 1. The number of aryl methyl sites for hydroxylation is 2. The first kappa shape index (κ1) is 10.6. The number of hydrogen-bond donors (Lipinski definition) is 1. The number of carbonyl (C=O) groups is 1. The molecule has 1 aliphatic rings. The summed E-state index contributed by atoms with van der Waals surface area (Å²) in [6, 6.07) is 3.16. The maximum absolute atomic E-state index is 10.8. The van der Waals surface area contributed by atoms with Crippen molar-refractivity contribution in [1.29, 1.82) is 0 Å². The third-order valence-corrected chi connectivity index (χ3v) is 2.85. The van der Waals surface area contributed by atoms with E-state index in [0.717, 1.165) is 17.5 Å². The average molecular weight is 220 g/mol. The second-order valence-electron chi connectivity index (χ2n) is 3.98. The maximum Gasteiger partial charge on any atom is 0.272 e. The number of nitrogens with one attached hydrogen (secondary N) is 1. The van der Waals surface area contributed by atoms with E-state index in [1.54, 1.807) is 19.1 Å². The van der Waals surface area contributed by atoms with E-state index in [9.17, 15) is 14.9 Å². The molecule has 2 rings (SSSR count). The van der Waals surface area contributed by atoms with Crippen LogP contribution >= 0.6 is 0 Å². The molecule has 0 spiro atoms. The molecule has 5 heteroatoms. The zero-order valence-electron chi connectivity index (χ0n) is 8.90. The molecule has 1 atom stereocenters. The first-order chi connectivity index (χ1) is 7.61. The van der Waals surface area contributed by atoms with E-state index in [4.69, 9.17) is 0 Å². The molecule has 0 fully saturated rings. The van der Waals surface area contributed by atoms with Gasteiger partial charge in [0.15, 0.2) is 0 Å². The third kappa shape index (κ3) is 1.76. The quantitative estimate of drug-likeness (QED) is 0.469. The van der Waals surface area contributed by atoms with Crippen LogP contribution < -0.4 is 5.32 Å². The van der Waals surface area contributed by atoms with Gasteiger partial charge >= 0.3 is 0 Å². The van der Waals surface area contributed by atoms with Crippen LogP contribution in [-0.2, 0) is 11.2 Å². The molecule has 0 saturated heterocycles.